The van der Waals surface area contributed by atoms with Gasteiger partial charge in [0.2, 0.25) is 0 Å². The zero-order valence-electron chi connectivity index (χ0n) is 28.4. The molecule has 0 rings (SSSR count). The molecule has 0 fully saturated rings. The number of quaternary nitrogens is 1. The van der Waals surface area contributed by atoms with E-state index in [0.29, 0.717) is 19.3 Å². The van der Waals surface area contributed by atoms with Crippen molar-refractivity contribution in [2.45, 2.75) is 154 Å². The summed E-state index contributed by atoms with van der Waals surface area (Å²) in [5.74, 6) is -1.50. The van der Waals surface area contributed by atoms with Crippen molar-refractivity contribution < 1.29 is 38.2 Å². The minimum absolute atomic E-state index is 0.0532. The fourth-order valence-electron chi connectivity index (χ4n) is 4.91. The van der Waals surface area contributed by atoms with Crippen LogP contribution in [0.2, 0.25) is 0 Å². The fraction of sp³-hybridized carbons (Fsp3) is 0.857. The summed E-state index contributed by atoms with van der Waals surface area (Å²) in [7, 11) is 5.50. The van der Waals surface area contributed by atoms with Gasteiger partial charge in [-0.1, -0.05) is 96.6 Å². The van der Waals surface area contributed by atoms with Crippen LogP contribution in [-0.2, 0) is 28.6 Å². The van der Waals surface area contributed by atoms with Gasteiger partial charge in [-0.25, -0.2) is 4.79 Å². The van der Waals surface area contributed by atoms with Gasteiger partial charge in [-0.3, -0.25) is 9.59 Å². The van der Waals surface area contributed by atoms with Gasteiger partial charge in [-0.2, -0.15) is 0 Å². The van der Waals surface area contributed by atoms with Crippen molar-refractivity contribution in [2.75, 3.05) is 41.0 Å². The number of carbonyl (C=O) groups excluding carboxylic acids is 2. The van der Waals surface area contributed by atoms with E-state index in [9.17, 15) is 19.5 Å². The monoisotopic (exact) mass is 612 g/mol. The normalized spacial score (nSPS) is 13.2. The van der Waals surface area contributed by atoms with Gasteiger partial charge in [-0.05, 0) is 38.5 Å². The van der Waals surface area contributed by atoms with Crippen molar-refractivity contribution in [3.63, 3.8) is 0 Å². The van der Waals surface area contributed by atoms with Gasteiger partial charge in [0, 0.05) is 19.3 Å². The SMILES string of the molecule is CCCCCCCC/C=C\CCCCCCCC(=O)OC(COCCC(C(=O)O)[N+](C)(C)C)COC(=O)CCCCCC. The number of ether oxygens (including phenoxy) is 3. The van der Waals surface area contributed by atoms with E-state index in [1.54, 1.807) is 0 Å². The lowest BCUT2D eigenvalue weighted by atomic mass is 10.1. The summed E-state index contributed by atoms with van der Waals surface area (Å²) in [5.41, 5.74) is 0. The molecule has 8 nitrogen and oxygen atoms in total. The van der Waals surface area contributed by atoms with Crippen LogP contribution in [0, 0.1) is 0 Å². The molecule has 2 unspecified atom stereocenters. The molecule has 0 aliphatic heterocycles. The maximum Gasteiger partial charge on any atom is 0.362 e. The first-order valence-corrected chi connectivity index (χ1v) is 17.2. The number of hydrogen-bond donors (Lipinski definition) is 1. The van der Waals surface area contributed by atoms with E-state index >= 15 is 0 Å². The molecule has 0 spiro atoms. The predicted molar refractivity (Wildman–Crippen MR) is 174 cm³/mol. The number of rotatable bonds is 30. The summed E-state index contributed by atoms with van der Waals surface area (Å²) in [6.45, 7) is 4.58. The van der Waals surface area contributed by atoms with Gasteiger partial charge >= 0.3 is 17.9 Å². The maximum atomic E-state index is 12.5. The number of esters is 2. The lowest BCUT2D eigenvalue weighted by molar-refractivity contribution is -0.887. The Bertz CT molecular complexity index is 732. The Morgan fingerprint density at radius 2 is 1.16 bits per heavy atom. The number of nitrogens with zero attached hydrogens (tertiary/aromatic N) is 1. The Hall–Kier alpha value is -1.93. The van der Waals surface area contributed by atoms with Crippen molar-refractivity contribution in [3.05, 3.63) is 12.2 Å². The Morgan fingerprint density at radius 3 is 1.70 bits per heavy atom. The lowest BCUT2D eigenvalue weighted by Crippen LogP contribution is -2.50. The summed E-state index contributed by atoms with van der Waals surface area (Å²) in [4.78, 5) is 36.3. The second kappa shape index (κ2) is 27.6. The Balaban J connectivity index is 4.33. The fourth-order valence-corrected chi connectivity index (χ4v) is 4.91. The molecule has 0 bridgehead atoms. The molecule has 2 atom stereocenters. The van der Waals surface area contributed by atoms with Gasteiger partial charge in [-0.15, -0.1) is 0 Å². The van der Waals surface area contributed by atoms with Crippen LogP contribution < -0.4 is 0 Å². The number of unbranched alkanes of at least 4 members (excludes halogenated alkanes) is 14. The lowest BCUT2D eigenvalue weighted by Gasteiger charge is -2.31. The summed E-state index contributed by atoms with van der Waals surface area (Å²) in [6, 6.07) is -0.608. The highest BCUT2D eigenvalue weighted by molar-refractivity contribution is 5.72. The van der Waals surface area contributed by atoms with Gasteiger partial charge < -0.3 is 23.8 Å². The molecule has 0 amide bonds. The third-order valence-electron chi connectivity index (χ3n) is 7.66. The highest BCUT2D eigenvalue weighted by Crippen LogP contribution is 2.12. The molecular formula is C35H66NO7+. The average molecular weight is 613 g/mol. The molecular weight excluding hydrogens is 546 g/mol. The highest BCUT2D eigenvalue weighted by Gasteiger charge is 2.31. The number of carboxylic acid groups (broad SMARTS) is 1. The molecule has 43 heavy (non-hydrogen) atoms. The van der Waals surface area contributed by atoms with E-state index in [4.69, 9.17) is 14.2 Å². The molecule has 0 aromatic heterocycles. The first-order valence-electron chi connectivity index (χ1n) is 17.2. The van der Waals surface area contributed by atoms with Crippen LogP contribution in [0.15, 0.2) is 12.2 Å². The molecule has 0 aromatic carbocycles. The molecule has 0 aliphatic rings. The Kier molecular flexibility index (Phi) is 26.4. The molecule has 0 aliphatic carbocycles. The van der Waals surface area contributed by atoms with Crippen molar-refractivity contribution in [1.82, 2.24) is 0 Å². The highest BCUT2D eigenvalue weighted by atomic mass is 16.6. The Labute approximate surface area is 263 Å². The van der Waals surface area contributed by atoms with Crippen LogP contribution >= 0.6 is 0 Å². The van der Waals surface area contributed by atoms with Gasteiger partial charge in [0.05, 0.1) is 34.4 Å². The third kappa shape index (κ3) is 26.2. The van der Waals surface area contributed by atoms with Crippen LogP contribution in [0.3, 0.4) is 0 Å². The number of hydrogen-bond acceptors (Lipinski definition) is 6. The number of carboxylic acids is 1. The summed E-state index contributed by atoms with van der Waals surface area (Å²) in [5, 5.41) is 9.52. The van der Waals surface area contributed by atoms with Crippen LogP contribution in [-0.4, -0.2) is 80.6 Å². The summed E-state index contributed by atoms with van der Waals surface area (Å²) >= 11 is 0. The molecule has 0 aromatic rings. The predicted octanol–water partition coefficient (Wildman–Crippen LogP) is 8.02. The molecule has 0 saturated carbocycles. The summed E-state index contributed by atoms with van der Waals surface area (Å²) < 4.78 is 17.0. The van der Waals surface area contributed by atoms with Crippen molar-refractivity contribution in [1.29, 1.82) is 0 Å². The number of likely N-dealkylation sites (N-methyl/N-ethyl adjacent to an activating group) is 1. The van der Waals surface area contributed by atoms with E-state index in [2.05, 4.69) is 26.0 Å². The van der Waals surface area contributed by atoms with E-state index in [1.165, 1.54) is 51.4 Å². The smallest absolute Gasteiger partial charge is 0.362 e. The van der Waals surface area contributed by atoms with Crippen molar-refractivity contribution in [3.8, 4) is 0 Å². The molecule has 0 saturated heterocycles. The minimum Gasteiger partial charge on any atom is -0.477 e. The molecule has 0 heterocycles. The largest absolute Gasteiger partial charge is 0.477 e. The second-order valence-electron chi connectivity index (χ2n) is 12.8. The minimum atomic E-state index is -0.879. The average Bonchev–Trinajstić information content (AvgIpc) is 2.94. The van der Waals surface area contributed by atoms with Crippen LogP contribution in [0.1, 0.15) is 142 Å². The Morgan fingerprint density at radius 1 is 0.674 bits per heavy atom. The maximum absolute atomic E-state index is 12.5. The summed E-state index contributed by atoms with van der Waals surface area (Å²) in [6.07, 6.45) is 24.4. The first kappa shape index (κ1) is 41.1. The first-order chi connectivity index (χ1) is 20.6. The van der Waals surface area contributed by atoms with Crippen LogP contribution in [0.4, 0.5) is 0 Å². The molecule has 0 radical (unpaired) electrons. The number of carbonyl (C=O) groups is 3. The molecule has 8 heteroatoms. The number of aliphatic carboxylic acids is 1. The molecule has 1 N–H and O–H groups in total. The third-order valence-corrected chi connectivity index (χ3v) is 7.66. The van der Waals surface area contributed by atoms with Gasteiger partial charge in [0.25, 0.3) is 0 Å². The van der Waals surface area contributed by atoms with Crippen LogP contribution in [0.5, 0.6) is 0 Å². The standard InChI is InChI=1S/C35H65NO7/c1-6-8-10-12-13-14-15-16-17-18-19-20-21-22-24-26-34(38)43-31(30-42-33(37)25-23-11-9-7-2)29-41-28-27-32(35(39)40)36(3,4)5/h16-17,31-32H,6-15,18-30H2,1-5H3/p+1/b17-16-. The quantitative estimate of drug-likeness (QED) is 0.0380. The molecule has 252 valence electrons. The zero-order chi connectivity index (χ0) is 32.2. The van der Waals surface area contributed by atoms with Gasteiger partial charge in [0.15, 0.2) is 12.1 Å². The van der Waals surface area contributed by atoms with Crippen molar-refractivity contribution >= 4 is 17.9 Å². The van der Waals surface area contributed by atoms with E-state index in [0.717, 1.165) is 57.8 Å². The van der Waals surface area contributed by atoms with E-state index < -0.39 is 18.1 Å². The zero-order valence-corrected chi connectivity index (χ0v) is 28.4. The van der Waals surface area contributed by atoms with E-state index in [1.807, 2.05) is 21.1 Å². The van der Waals surface area contributed by atoms with Crippen molar-refractivity contribution in [2.24, 2.45) is 0 Å². The van der Waals surface area contributed by atoms with Gasteiger partial charge in [0.1, 0.15) is 6.61 Å². The van der Waals surface area contributed by atoms with E-state index in [-0.39, 0.29) is 36.2 Å². The topological polar surface area (TPSA) is 99.1 Å². The second-order valence-corrected chi connectivity index (χ2v) is 12.8. The number of allylic oxidation sites excluding steroid dienone is 2. The van der Waals surface area contributed by atoms with Crippen LogP contribution in [0.25, 0.3) is 0 Å².